The van der Waals surface area contributed by atoms with Crippen LogP contribution in [-0.2, 0) is 0 Å². The molecule has 0 aliphatic carbocycles. The van der Waals surface area contributed by atoms with Crippen LogP contribution in [0.4, 0.5) is 13.2 Å². The zero-order valence-corrected chi connectivity index (χ0v) is 6.48. The quantitative estimate of drug-likeness (QED) is 0.494. The van der Waals surface area contributed by atoms with Crippen LogP contribution in [-0.4, -0.2) is 6.18 Å². The Morgan fingerprint density at radius 3 is 2.00 bits per heavy atom. The first-order valence-electron chi connectivity index (χ1n) is 2.07. The summed E-state index contributed by atoms with van der Waals surface area (Å²) in [4.78, 5) is 0. The first-order chi connectivity index (χ1) is 4.06. The van der Waals surface area contributed by atoms with Crippen LogP contribution in [0.3, 0.4) is 0 Å². The summed E-state index contributed by atoms with van der Waals surface area (Å²) in [6, 6.07) is 0. The summed E-state index contributed by atoms with van der Waals surface area (Å²) in [6.07, 6.45) is -1.74. The molecule has 0 unspecified atom stereocenters. The Balaban J connectivity index is 3.71. The molecule has 0 bridgehead atoms. The fraction of sp³-hybridized carbons (Fsp3) is 0.200. The van der Waals surface area contributed by atoms with Gasteiger partial charge in [0.05, 0.1) is 0 Å². The zero-order valence-electron chi connectivity index (χ0n) is 4.32. The minimum absolute atomic E-state index is 0.183. The fourth-order valence-corrected chi connectivity index (χ4v) is 0.446. The summed E-state index contributed by atoms with van der Waals surface area (Å²) in [6.45, 7) is 0. The second-order valence-electron chi connectivity index (χ2n) is 1.22. The van der Waals surface area contributed by atoms with Crippen molar-refractivity contribution in [3.8, 4) is 0 Å². The van der Waals surface area contributed by atoms with Gasteiger partial charge in [-0.05, 0) is 4.08 Å². The predicted octanol–water partition coefficient (Wildman–Crippen LogP) is 3.05. The summed E-state index contributed by atoms with van der Waals surface area (Å²) < 4.78 is 35.3. The highest BCUT2D eigenvalue weighted by atomic mass is 127. The van der Waals surface area contributed by atoms with E-state index in [1.54, 1.807) is 0 Å². The Morgan fingerprint density at radius 2 is 1.67 bits per heavy atom. The number of alkyl halides is 3. The van der Waals surface area contributed by atoms with Gasteiger partial charge in [0.1, 0.15) is 0 Å². The maximum atomic E-state index is 11.3. The molecular weight excluding hydrogens is 244 g/mol. The number of rotatable bonds is 1. The molecule has 0 aromatic rings. The molecule has 0 amide bonds. The van der Waals surface area contributed by atoms with Crippen LogP contribution in [0.2, 0.25) is 0 Å². The molecule has 0 aromatic carbocycles. The number of hydrogen-bond donors (Lipinski definition) is 0. The topological polar surface area (TPSA) is 0 Å². The van der Waals surface area contributed by atoms with Gasteiger partial charge >= 0.3 is 6.18 Å². The van der Waals surface area contributed by atoms with Crippen molar-refractivity contribution in [2.24, 2.45) is 0 Å². The van der Waals surface area contributed by atoms with E-state index in [1.807, 2.05) is 22.6 Å². The Kier molecular flexibility index (Phi) is 3.92. The van der Waals surface area contributed by atoms with Gasteiger partial charge in [-0.2, -0.15) is 13.2 Å². The van der Waals surface area contributed by atoms with Crippen molar-refractivity contribution in [2.45, 2.75) is 6.18 Å². The smallest absolute Gasteiger partial charge is 0.167 e. The van der Waals surface area contributed by atoms with Gasteiger partial charge in [-0.1, -0.05) is 34.7 Å². The lowest BCUT2D eigenvalue weighted by molar-refractivity contribution is -0.0798. The Labute approximate surface area is 64.6 Å². The molecule has 0 heterocycles. The van der Waals surface area contributed by atoms with Crippen molar-refractivity contribution in [2.75, 3.05) is 0 Å². The van der Waals surface area contributed by atoms with Gasteiger partial charge in [0.25, 0.3) is 0 Å². The van der Waals surface area contributed by atoms with E-state index in [4.69, 9.17) is 0 Å². The Morgan fingerprint density at radius 1 is 1.11 bits per heavy atom. The average Bonchev–Trinajstić information content (AvgIpc) is 1.63. The SMILES string of the molecule is FC(F)(F)/C=C/C=C/I. The summed E-state index contributed by atoms with van der Waals surface area (Å²) >= 11 is 1.84. The van der Waals surface area contributed by atoms with Gasteiger partial charge < -0.3 is 0 Å². The van der Waals surface area contributed by atoms with E-state index in [-0.39, 0.29) is 6.08 Å². The molecule has 0 spiro atoms. The molecule has 0 nitrogen and oxygen atoms in total. The van der Waals surface area contributed by atoms with E-state index in [0.29, 0.717) is 0 Å². The molecule has 9 heavy (non-hydrogen) atoms. The molecule has 4 heteroatoms. The van der Waals surface area contributed by atoms with Crippen LogP contribution >= 0.6 is 22.6 Å². The molecule has 0 rings (SSSR count). The highest BCUT2D eigenvalue weighted by Crippen LogP contribution is 2.15. The van der Waals surface area contributed by atoms with Crippen LogP contribution in [0.5, 0.6) is 0 Å². The number of halogens is 4. The largest absolute Gasteiger partial charge is 0.409 e. The van der Waals surface area contributed by atoms with Gasteiger partial charge in [0, 0.05) is 6.08 Å². The van der Waals surface area contributed by atoms with Gasteiger partial charge in [0.15, 0.2) is 0 Å². The van der Waals surface area contributed by atoms with Crippen molar-refractivity contribution < 1.29 is 13.2 Å². The van der Waals surface area contributed by atoms with E-state index in [1.165, 1.54) is 10.2 Å². The van der Waals surface area contributed by atoms with Gasteiger partial charge in [-0.3, -0.25) is 0 Å². The number of allylic oxidation sites excluding steroid dienone is 3. The van der Waals surface area contributed by atoms with Crippen molar-refractivity contribution in [1.82, 2.24) is 0 Å². The molecule has 0 radical (unpaired) electrons. The second kappa shape index (κ2) is 3.92. The molecule has 0 atom stereocenters. The van der Waals surface area contributed by atoms with Crippen molar-refractivity contribution in [3.05, 3.63) is 22.3 Å². The van der Waals surface area contributed by atoms with E-state index < -0.39 is 6.18 Å². The summed E-state index contributed by atoms with van der Waals surface area (Å²) in [5.74, 6) is 0. The maximum Gasteiger partial charge on any atom is 0.409 e. The molecule has 0 N–H and O–H groups in total. The maximum absolute atomic E-state index is 11.3. The zero-order chi connectivity index (χ0) is 7.33. The van der Waals surface area contributed by atoms with E-state index in [9.17, 15) is 13.2 Å². The summed E-state index contributed by atoms with van der Waals surface area (Å²) in [5.41, 5.74) is 0. The second-order valence-corrected chi connectivity index (χ2v) is 1.94. The first-order valence-corrected chi connectivity index (χ1v) is 3.32. The third-order valence-electron chi connectivity index (χ3n) is 0.469. The molecule has 0 aromatic heterocycles. The lowest BCUT2D eigenvalue weighted by Gasteiger charge is -1.93. The average molecular weight is 248 g/mol. The minimum Gasteiger partial charge on any atom is -0.167 e. The monoisotopic (exact) mass is 248 g/mol. The Bertz CT molecular complexity index is 123. The highest BCUT2D eigenvalue weighted by Gasteiger charge is 2.20. The predicted molar refractivity (Wildman–Crippen MR) is 38.4 cm³/mol. The summed E-state index contributed by atoms with van der Waals surface area (Å²) in [7, 11) is 0. The molecule has 0 saturated heterocycles. The lowest BCUT2D eigenvalue weighted by atomic mass is 10.5. The third-order valence-corrected chi connectivity index (χ3v) is 0.884. The normalized spacial score (nSPS) is 13.8. The molecule has 0 aliphatic heterocycles. The standard InChI is InChI=1S/C5H4F3I/c6-5(7,8)3-1-2-4-9/h1-4H/b3-1+,4-2+. The van der Waals surface area contributed by atoms with Crippen LogP contribution in [0.1, 0.15) is 0 Å². The molecule has 52 valence electrons. The number of hydrogen-bond acceptors (Lipinski definition) is 0. The van der Waals surface area contributed by atoms with Gasteiger partial charge in [-0.25, -0.2) is 0 Å². The summed E-state index contributed by atoms with van der Waals surface area (Å²) in [5, 5.41) is 0. The molecular formula is C5H4F3I. The molecule has 0 aliphatic rings. The Hall–Kier alpha value is -0.000000000000000111. The van der Waals surface area contributed by atoms with Gasteiger partial charge in [0.2, 0.25) is 0 Å². The van der Waals surface area contributed by atoms with Crippen molar-refractivity contribution in [3.63, 3.8) is 0 Å². The van der Waals surface area contributed by atoms with Crippen molar-refractivity contribution in [1.29, 1.82) is 0 Å². The van der Waals surface area contributed by atoms with Gasteiger partial charge in [-0.15, -0.1) is 0 Å². The van der Waals surface area contributed by atoms with E-state index in [0.717, 1.165) is 6.08 Å². The van der Waals surface area contributed by atoms with Crippen LogP contribution in [0, 0.1) is 0 Å². The third kappa shape index (κ3) is 8.00. The molecule has 0 fully saturated rings. The lowest BCUT2D eigenvalue weighted by Crippen LogP contribution is -1.99. The van der Waals surface area contributed by atoms with Crippen LogP contribution < -0.4 is 0 Å². The van der Waals surface area contributed by atoms with Crippen molar-refractivity contribution >= 4 is 22.6 Å². The molecule has 0 saturated carbocycles. The minimum atomic E-state index is -4.18. The first kappa shape index (κ1) is 9.00. The van der Waals surface area contributed by atoms with Crippen LogP contribution in [0.15, 0.2) is 22.3 Å². The van der Waals surface area contributed by atoms with Crippen LogP contribution in [0.25, 0.3) is 0 Å². The van der Waals surface area contributed by atoms with E-state index >= 15 is 0 Å². The highest BCUT2D eigenvalue weighted by molar-refractivity contribution is 14.1. The fourth-order valence-electron chi connectivity index (χ4n) is 0.207. The van der Waals surface area contributed by atoms with E-state index in [2.05, 4.69) is 0 Å².